The highest BCUT2D eigenvalue weighted by Gasteiger charge is 2.18. The van der Waals surface area contributed by atoms with Crippen LogP contribution in [-0.2, 0) is 0 Å². The number of benzene rings is 1. The first-order valence-corrected chi connectivity index (χ1v) is 7.12. The Morgan fingerprint density at radius 1 is 1.24 bits per heavy atom. The zero-order chi connectivity index (χ0) is 15.8. The van der Waals surface area contributed by atoms with Gasteiger partial charge in [-0.15, -0.1) is 0 Å². The van der Waals surface area contributed by atoms with E-state index in [1.54, 1.807) is 11.0 Å². The molecular formula is C17H23NO3. The standard InChI is InChI=1S/C17H23NO3/c1-13(2)18(7-9-20)17(21)16-11-14(3)10-15(12-16)6-4-5-8-19/h10-13,19-20H,5,7-9H2,1-3H3. The van der Waals surface area contributed by atoms with Crippen LogP contribution in [0.25, 0.3) is 0 Å². The highest BCUT2D eigenvalue weighted by Crippen LogP contribution is 2.13. The molecule has 114 valence electrons. The number of hydrogen-bond donors (Lipinski definition) is 2. The zero-order valence-corrected chi connectivity index (χ0v) is 12.9. The SMILES string of the molecule is Cc1cc(C#CCCO)cc(C(=O)N(CCO)C(C)C)c1. The first-order chi connectivity index (χ1) is 9.99. The molecule has 0 aliphatic carbocycles. The molecule has 1 rings (SSSR count). The van der Waals surface area contributed by atoms with Gasteiger partial charge in [0, 0.05) is 30.1 Å². The molecule has 1 aromatic rings. The first-order valence-electron chi connectivity index (χ1n) is 7.12. The predicted octanol–water partition coefficient (Wildman–Crippen LogP) is 1.57. The molecule has 0 fully saturated rings. The van der Waals surface area contributed by atoms with Crippen molar-refractivity contribution >= 4 is 5.91 Å². The van der Waals surface area contributed by atoms with Gasteiger partial charge < -0.3 is 15.1 Å². The molecule has 0 heterocycles. The number of hydrogen-bond acceptors (Lipinski definition) is 3. The number of aliphatic hydroxyl groups excluding tert-OH is 2. The number of carbonyl (C=O) groups is 1. The Labute approximate surface area is 126 Å². The van der Waals surface area contributed by atoms with Gasteiger partial charge in [-0.2, -0.15) is 0 Å². The van der Waals surface area contributed by atoms with Gasteiger partial charge in [-0.25, -0.2) is 0 Å². The Kier molecular flexibility index (Phi) is 6.93. The minimum atomic E-state index is -0.104. The van der Waals surface area contributed by atoms with Crippen molar-refractivity contribution < 1.29 is 15.0 Å². The smallest absolute Gasteiger partial charge is 0.254 e. The quantitative estimate of drug-likeness (QED) is 0.809. The van der Waals surface area contributed by atoms with E-state index in [4.69, 9.17) is 10.2 Å². The average Bonchev–Trinajstić information content (AvgIpc) is 2.43. The van der Waals surface area contributed by atoms with Gasteiger partial charge in [0.05, 0.1) is 13.2 Å². The molecule has 0 aromatic heterocycles. The van der Waals surface area contributed by atoms with Gasteiger partial charge >= 0.3 is 0 Å². The van der Waals surface area contributed by atoms with Gasteiger partial charge in [0.1, 0.15) is 0 Å². The van der Waals surface area contributed by atoms with E-state index >= 15 is 0 Å². The van der Waals surface area contributed by atoms with Crippen LogP contribution in [0.15, 0.2) is 18.2 Å². The number of aryl methyl sites for hydroxylation is 1. The second-order valence-electron chi connectivity index (χ2n) is 5.18. The molecule has 0 aliphatic rings. The molecular weight excluding hydrogens is 266 g/mol. The highest BCUT2D eigenvalue weighted by atomic mass is 16.3. The summed E-state index contributed by atoms with van der Waals surface area (Å²) in [6.45, 7) is 6.05. The summed E-state index contributed by atoms with van der Waals surface area (Å²) in [5.74, 6) is 5.70. The van der Waals surface area contributed by atoms with Gasteiger partial charge in [0.15, 0.2) is 0 Å². The van der Waals surface area contributed by atoms with E-state index in [2.05, 4.69) is 11.8 Å². The third-order valence-corrected chi connectivity index (χ3v) is 3.02. The summed E-state index contributed by atoms with van der Waals surface area (Å²) in [7, 11) is 0. The van der Waals surface area contributed by atoms with Crippen molar-refractivity contribution in [2.24, 2.45) is 0 Å². The van der Waals surface area contributed by atoms with Crippen molar-refractivity contribution in [3.8, 4) is 11.8 Å². The number of aliphatic hydroxyl groups is 2. The summed E-state index contributed by atoms with van der Waals surface area (Å²) in [5.41, 5.74) is 2.30. The van der Waals surface area contributed by atoms with E-state index in [1.807, 2.05) is 32.9 Å². The van der Waals surface area contributed by atoms with Crippen LogP contribution in [0.5, 0.6) is 0 Å². The lowest BCUT2D eigenvalue weighted by Gasteiger charge is -2.26. The lowest BCUT2D eigenvalue weighted by atomic mass is 10.0. The minimum Gasteiger partial charge on any atom is -0.395 e. The monoisotopic (exact) mass is 289 g/mol. The van der Waals surface area contributed by atoms with Crippen molar-refractivity contribution in [1.29, 1.82) is 0 Å². The van der Waals surface area contributed by atoms with E-state index in [0.717, 1.165) is 11.1 Å². The number of nitrogens with zero attached hydrogens (tertiary/aromatic N) is 1. The van der Waals surface area contributed by atoms with Crippen LogP contribution in [-0.4, -0.2) is 46.8 Å². The van der Waals surface area contributed by atoms with E-state index in [1.165, 1.54) is 0 Å². The average molecular weight is 289 g/mol. The van der Waals surface area contributed by atoms with Crippen LogP contribution in [0.1, 0.15) is 41.8 Å². The third-order valence-electron chi connectivity index (χ3n) is 3.02. The largest absolute Gasteiger partial charge is 0.395 e. The Bertz CT molecular complexity index is 541. The lowest BCUT2D eigenvalue weighted by molar-refractivity contribution is 0.0665. The van der Waals surface area contributed by atoms with Gasteiger partial charge in [-0.1, -0.05) is 11.8 Å². The van der Waals surface area contributed by atoms with Crippen LogP contribution in [0.4, 0.5) is 0 Å². The second kappa shape index (κ2) is 8.46. The Morgan fingerprint density at radius 2 is 1.95 bits per heavy atom. The first kappa shape index (κ1) is 17.2. The molecule has 0 saturated heterocycles. The molecule has 0 saturated carbocycles. The van der Waals surface area contributed by atoms with E-state index < -0.39 is 0 Å². The van der Waals surface area contributed by atoms with Crippen LogP contribution in [0.3, 0.4) is 0 Å². The molecule has 2 N–H and O–H groups in total. The molecule has 21 heavy (non-hydrogen) atoms. The molecule has 1 aromatic carbocycles. The molecule has 4 nitrogen and oxygen atoms in total. The molecule has 0 radical (unpaired) electrons. The van der Waals surface area contributed by atoms with E-state index in [0.29, 0.717) is 18.5 Å². The topological polar surface area (TPSA) is 60.8 Å². The predicted molar refractivity (Wildman–Crippen MR) is 83.0 cm³/mol. The summed E-state index contributed by atoms with van der Waals surface area (Å²) in [4.78, 5) is 14.2. The summed E-state index contributed by atoms with van der Waals surface area (Å²) >= 11 is 0. The maximum atomic E-state index is 12.5. The maximum absolute atomic E-state index is 12.5. The molecule has 0 bridgehead atoms. The molecule has 1 amide bonds. The molecule has 0 spiro atoms. The van der Waals surface area contributed by atoms with Gasteiger partial charge in [-0.05, 0) is 44.5 Å². The van der Waals surface area contributed by atoms with Crippen LogP contribution < -0.4 is 0 Å². The molecule has 0 atom stereocenters. The Hall–Kier alpha value is -1.83. The fraction of sp³-hybridized carbons (Fsp3) is 0.471. The van der Waals surface area contributed by atoms with Crippen LogP contribution in [0.2, 0.25) is 0 Å². The normalized spacial score (nSPS) is 10.2. The maximum Gasteiger partial charge on any atom is 0.254 e. The van der Waals surface area contributed by atoms with Crippen molar-refractivity contribution in [2.75, 3.05) is 19.8 Å². The number of amides is 1. The minimum absolute atomic E-state index is 0.0223. The molecule has 4 heteroatoms. The Balaban J connectivity index is 3.07. The highest BCUT2D eigenvalue weighted by molar-refractivity contribution is 5.95. The summed E-state index contributed by atoms with van der Waals surface area (Å²) < 4.78 is 0. The van der Waals surface area contributed by atoms with Crippen molar-refractivity contribution in [3.05, 3.63) is 34.9 Å². The summed E-state index contributed by atoms with van der Waals surface area (Å²) in [5, 5.41) is 17.8. The number of carbonyl (C=O) groups excluding carboxylic acids is 1. The summed E-state index contributed by atoms with van der Waals surface area (Å²) in [6, 6.07) is 5.51. The zero-order valence-electron chi connectivity index (χ0n) is 12.9. The van der Waals surface area contributed by atoms with Crippen LogP contribution in [0, 0.1) is 18.8 Å². The van der Waals surface area contributed by atoms with Crippen molar-refractivity contribution in [1.82, 2.24) is 4.90 Å². The second-order valence-corrected chi connectivity index (χ2v) is 5.18. The van der Waals surface area contributed by atoms with Crippen molar-refractivity contribution in [2.45, 2.75) is 33.2 Å². The van der Waals surface area contributed by atoms with Gasteiger partial charge in [-0.3, -0.25) is 4.79 Å². The van der Waals surface area contributed by atoms with Gasteiger partial charge in [0.2, 0.25) is 0 Å². The Morgan fingerprint density at radius 3 is 2.52 bits per heavy atom. The third kappa shape index (κ3) is 5.22. The summed E-state index contributed by atoms with van der Waals surface area (Å²) in [6.07, 6.45) is 0.417. The van der Waals surface area contributed by atoms with E-state index in [-0.39, 0.29) is 25.2 Å². The van der Waals surface area contributed by atoms with Crippen molar-refractivity contribution in [3.63, 3.8) is 0 Å². The fourth-order valence-electron chi connectivity index (χ4n) is 2.07. The van der Waals surface area contributed by atoms with Crippen LogP contribution >= 0.6 is 0 Å². The molecule has 0 aliphatic heterocycles. The number of rotatable bonds is 5. The molecule has 0 unspecified atom stereocenters. The fourth-order valence-corrected chi connectivity index (χ4v) is 2.07. The lowest BCUT2D eigenvalue weighted by Crippen LogP contribution is -2.39. The van der Waals surface area contributed by atoms with Gasteiger partial charge in [0.25, 0.3) is 5.91 Å². The van der Waals surface area contributed by atoms with E-state index in [9.17, 15) is 4.79 Å².